The van der Waals surface area contributed by atoms with E-state index in [9.17, 15) is 20.4 Å². The number of hydrogen-bond donors (Lipinski definition) is 4. The van der Waals surface area contributed by atoms with Crippen LogP contribution in [-0.2, 0) is 23.7 Å². The molecule has 4 N–H and O–H groups in total. The Hall–Kier alpha value is -0.360. The highest BCUT2D eigenvalue weighted by Crippen LogP contribution is 2.27. The molecule has 1 aliphatic rings. The van der Waals surface area contributed by atoms with E-state index in [1.807, 2.05) is 0 Å². The molecule has 0 saturated carbocycles. The first-order chi connectivity index (χ1) is 24.4. The van der Waals surface area contributed by atoms with Crippen molar-refractivity contribution in [1.82, 2.24) is 0 Å². The summed E-state index contributed by atoms with van der Waals surface area (Å²) < 4.78 is 30.7. The van der Waals surface area contributed by atoms with Gasteiger partial charge in [-0.25, -0.2) is 0 Å². The molecule has 1 rings (SSSR count). The minimum atomic E-state index is -1.49. The molecule has 0 amide bonds. The number of unbranched alkanes of at least 4 members (excludes halogenated alkanes) is 21. The second kappa shape index (κ2) is 33.2. The van der Waals surface area contributed by atoms with Crippen LogP contribution < -0.4 is 0 Å². The number of aliphatic hydroxyl groups is 4. The highest BCUT2D eigenvalue weighted by Gasteiger charge is 2.45. The molecule has 300 valence electrons. The maximum Gasteiger partial charge on any atom is 0.186 e. The maximum absolute atomic E-state index is 10.7. The van der Waals surface area contributed by atoms with Gasteiger partial charge in [-0.05, 0) is 19.3 Å². The Balaban J connectivity index is 2.80. The van der Waals surface area contributed by atoms with E-state index in [1.54, 1.807) is 0 Å². The molecule has 0 spiro atoms. The Labute approximate surface area is 307 Å². The van der Waals surface area contributed by atoms with Crippen molar-refractivity contribution in [3.05, 3.63) is 0 Å². The molecule has 1 saturated heterocycles. The summed E-state index contributed by atoms with van der Waals surface area (Å²) in [5, 5.41) is 41.0. The first-order valence-corrected chi connectivity index (χ1v) is 21.1. The first kappa shape index (κ1) is 47.7. The molecule has 0 unspecified atom stereocenters. The summed E-state index contributed by atoms with van der Waals surface area (Å²) in [6.45, 7) is 9.40. The van der Waals surface area contributed by atoms with Crippen LogP contribution in [0.15, 0.2) is 0 Å². The summed E-state index contributed by atoms with van der Waals surface area (Å²) in [5.41, 5.74) is -0.654. The van der Waals surface area contributed by atoms with Crippen LogP contribution in [0.4, 0.5) is 0 Å². The molecular weight excluding hydrogens is 636 g/mol. The normalized spacial score (nSPS) is 21.3. The van der Waals surface area contributed by atoms with Gasteiger partial charge in [0.1, 0.15) is 24.4 Å². The Morgan fingerprint density at radius 1 is 0.440 bits per heavy atom. The van der Waals surface area contributed by atoms with Gasteiger partial charge in [-0.3, -0.25) is 0 Å². The van der Waals surface area contributed by atoms with Crippen molar-refractivity contribution in [3.63, 3.8) is 0 Å². The first-order valence-electron chi connectivity index (χ1n) is 21.1. The van der Waals surface area contributed by atoms with Gasteiger partial charge in [0.05, 0.1) is 38.4 Å². The molecule has 0 aromatic heterocycles. The Morgan fingerprint density at radius 3 is 1.12 bits per heavy atom. The van der Waals surface area contributed by atoms with Crippen LogP contribution in [0.2, 0.25) is 0 Å². The molecule has 0 radical (unpaired) electrons. The van der Waals surface area contributed by atoms with Gasteiger partial charge >= 0.3 is 0 Å². The van der Waals surface area contributed by atoms with E-state index in [0.29, 0.717) is 39.6 Å². The summed E-state index contributed by atoms with van der Waals surface area (Å²) in [4.78, 5) is 0. The van der Waals surface area contributed by atoms with E-state index in [2.05, 4.69) is 20.8 Å². The van der Waals surface area contributed by atoms with Crippen molar-refractivity contribution in [2.75, 3.05) is 52.9 Å². The molecule has 5 atom stereocenters. The third-order valence-corrected chi connectivity index (χ3v) is 10.1. The highest BCUT2D eigenvalue weighted by atomic mass is 16.7. The second-order valence-corrected chi connectivity index (χ2v) is 15.1. The lowest BCUT2D eigenvalue weighted by molar-refractivity contribution is -0.309. The van der Waals surface area contributed by atoms with E-state index in [4.69, 9.17) is 23.7 Å². The van der Waals surface area contributed by atoms with Gasteiger partial charge in [0.25, 0.3) is 0 Å². The number of aliphatic hydroxyl groups excluding tert-OH is 4. The van der Waals surface area contributed by atoms with Gasteiger partial charge in [-0.15, -0.1) is 0 Å². The molecule has 1 aliphatic heterocycles. The van der Waals surface area contributed by atoms with Gasteiger partial charge in [-0.2, -0.15) is 0 Å². The lowest BCUT2D eigenvalue weighted by Gasteiger charge is -2.41. The Bertz CT molecular complexity index is 650. The molecule has 0 bridgehead atoms. The van der Waals surface area contributed by atoms with Gasteiger partial charge < -0.3 is 44.1 Å². The molecular formula is C41H82O9. The molecule has 0 aromatic rings. The fourth-order valence-electron chi connectivity index (χ4n) is 6.59. The number of hydrogen-bond acceptors (Lipinski definition) is 9. The van der Waals surface area contributed by atoms with Gasteiger partial charge in [0.2, 0.25) is 0 Å². The fourth-order valence-corrected chi connectivity index (χ4v) is 6.59. The Kier molecular flexibility index (Phi) is 31.7. The van der Waals surface area contributed by atoms with Gasteiger partial charge in [0, 0.05) is 19.8 Å². The number of rotatable bonds is 37. The van der Waals surface area contributed by atoms with Gasteiger partial charge in [0.15, 0.2) is 6.29 Å². The average molecular weight is 719 g/mol. The smallest absolute Gasteiger partial charge is 0.186 e. The van der Waals surface area contributed by atoms with E-state index in [-0.39, 0.29) is 6.61 Å². The molecule has 50 heavy (non-hydrogen) atoms. The maximum atomic E-state index is 10.7. The Morgan fingerprint density at radius 2 is 0.780 bits per heavy atom. The fraction of sp³-hybridized carbons (Fsp3) is 1.00. The third kappa shape index (κ3) is 23.3. The van der Waals surface area contributed by atoms with Crippen molar-refractivity contribution in [2.24, 2.45) is 5.41 Å². The summed E-state index contributed by atoms with van der Waals surface area (Å²) in [6, 6.07) is 0. The van der Waals surface area contributed by atoms with Gasteiger partial charge in [-0.1, -0.05) is 156 Å². The van der Waals surface area contributed by atoms with Crippen LogP contribution in [0.5, 0.6) is 0 Å². The molecule has 9 nitrogen and oxygen atoms in total. The quantitative estimate of drug-likeness (QED) is 0.0470. The lowest BCUT2D eigenvalue weighted by atomic mass is 9.91. The predicted octanol–water partition coefficient (Wildman–Crippen LogP) is 8.26. The van der Waals surface area contributed by atoms with Crippen molar-refractivity contribution in [3.8, 4) is 0 Å². The summed E-state index contributed by atoms with van der Waals surface area (Å²) in [5.74, 6) is 0. The largest absolute Gasteiger partial charge is 0.394 e. The van der Waals surface area contributed by atoms with E-state index >= 15 is 0 Å². The van der Waals surface area contributed by atoms with Crippen LogP contribution in [0.25, 0.3) is 0 Å². The van der Waals surface area contributed by atoms with Crippen LogP contribution >= 0.6 is 0 Å². The number of ether oxygens (including phenoxy) is 5. The van der Waals surface area contributed by atoms with E-state index < -0.39 is 42.7 Å². The monoisotopic (exact) mass is 719 g/mol. The second-order valence-electron chi connectivity index (χ2n) is 15.1. The zero-order chi connectivity index (χ0) is 36.5. The molecule has 1 heterocycles. The molecule has 9 heteroatoms. The zero-order valence-electron chi connectivity index (χ0n) is 32.8. The summed E-state index contributed by atoms with van der Waals surface area (Å²) >= 11 is 0. The average Bonchev–Trinajstić information content (AvgIpc) is 3.12. The molecule has 0 aromatic carbocycles. The van der Waals surface area contributed by atoms with Crippen molar-refractivity contribution < 1.29 is 44.1 Å². The minimum absolute atomic E-state index is 0.113. The van der Waals surface area contributed by atoms with E-state index in [1.165, 1.54) is 116 Å². The summed E-state index contributed by atoms with van der Waals surface area (Å²) in [7, 11) is 0. The SMILES string of the molecule is CCCCCCCCCCOCC(COCCCCCCCCCC)(COCCCCCCCCCC)CO[C@@H]1O[C@H](CO)[C@H](O)[C@H](O)[C@H]1O. The third-order valence-electron chi connectivity index (χ3n) is 10.1. The zero-order valence-corrected chi connectivity index (χ0v) is 32.8. The lowest BCUT2D eigenvalue weighted by Crippen LogP contribution is -2.59. The van der Waals surface area contributed by atoms with Crippen molar-refractivity contribution >= 4 is 0 Å². The molecule has 1 fully saturated rings. The van der Waals surface area contributed by atoms with Crippen LogP contribution in [-0.4, -0.2) is 104 Å². The van der Waals surface area contributed by atoms with Crippen LogP contribution in [0.1, 0.15) is 175 Å². The molecule has 0 aliphatic carbocycles. The topological polar surface area (TPSA) is 127 Å². The highest BCUT2D eigenvalue weighted by molar-refractivity contribution is 4.90. The minimum Gasteiger partial charge on any atom is -0.394 e. The van der Waals surface area contributed by atoms with Crippen LogP contribution in [0, 0.1) is 5.41 Å². The summed E-state index contributed by atoms with van der Waals surface area (Å²) in [6.07, 6.45) is 22.9. The van der Waals surface area contributed by atoms with Crippen molar-refractivity contribution in [2.45, 2.75) is 206 Å². The van der Waals surface area contributed by atoms with E-state index in [0.717, 1.165) is 38.5 Å². The standard InChI is InChI=1S/C41H82O9/c1-4-7-10-13-16-19-22-25-28-46-32-41(33-47-29-26-23-20-17-14-11-8-5-2,34-48-30-27-24-21-18-15-12-9-6-3)35-49-40-39(45)38(44)37(43)36(31-42)50-40/h36-40,42-45H,4-35H2,1-3H3/t36-,37+,38+,39-,40-/m1/s1. The van der Waals surface area contributed by atoms with Crippen LogP contribution in [0.3, 0.4) is 0 Å². The predicted molar refractivity (Wildman–Crippen MR) is 202 cm³/mol. The van der Waals surface area contributed by atoms with Crippen molar-refractivity contribution in [1.29, 1.82) is 0 Å².